The fraction of sp³-hybridized carbons (Fsp3) is 0.571. The van der Waals surface area contributed by atoms with Crippen LogP contribution in [0.2, 0.25) is 0 Å². The van der Waals surface area contributed by atoms with Crippen molar-refractivity contribution in [1.29, 1.82) is 0 Å². The van der Waals surface area contributed by atoms with Gasteiger partial charge in [0, 0.05) is 6.04 Å². The first kappa shape index (κ1) is 16.2. The van der Waals surface area contributed by atoms with Gasteiger partial charge >= 0.3 is 0 Å². The predicted molar refractivity (Wildman–Crippen MR) is 79.2 cm³/mol. The number of sulfone groups is 1. The molecule has 21 heavy (non-hydrogen) atoms. The molecule has 1 aromatic carbocycles. The molecule has 118 valence electrons. The molecule has 7 heteroatoms. The predicted octanol–water partition coefficient (Wildman–Crippen LogP) is 1.18. The Balaban J connectivity index is 2.17. The first-order chi connectivity index (χ1) is 9.97. The van der Waals surface area contributed by atoms with Gasteiger partial charge in [0.1, 0.15) is 0 Å². The van der Waals surface area contributed by atoms with Crippen LogP contribution in [-0.4, -0.2) is 32.6 Å². The molecule has 1 fully saturated rings. The lowest BCUT2D eigenvalue weighted by atomic mass is 10.00. The van der Waals surface area contributed by atoms with E-state index in [1.807, 2.05) is 0 Å². The molecule has 3 N–H and O–H groups in total. The summed E-state index contributed by atoms with van der Waals surface area (Å²) in [4.78, 5) is 0. The molecule has 0 saturated carbocycles. The maximum Gasteiger partial charge on any atom is 0.165 e. The van der Waals surface area contributed by atoms with Gasteiger partial charge in [-0.05, 0) is 37.0 Å². The van der Waals surface area contributed by atoms with E-state index in [-0.39, 0.29) is 11.5 Å². The SMILES string of the molecule is COc1ccc(CC(NN)C2CCCCS2(=O)=O)cc1F. The second-order valence-corrected chi connectivity index (χ2v) is 7.69. The van der Waals surface area contributed by atoms with E-state index < -0.39 is 26.9 Å². The summed E-state index contributed by atoms with van der Waals surface area (Å²) in [7, 11) is -1.74. The number of nitrogens with one attached hydrogen (secondary N) is 1. The number of benzene rings is 1. The van der Waals surface area contributed by atoms with Crippen molar-refractivity contribution in [3.05, 3.63) is 29.6 Å². The van der Waals surface area contributed by atoms with Gasteiger partial charge in [0.15, 0.2) is 21.4 Å². The average molecular weight is 316 g/mol. The van der Waals surface area contributed by atoms with E-state index in [0.29, 0.717) is 24.8 Å². The van der Waals surface area contributed by atoms with Crippen LogP contribution in [0.15, 0.2) is 18.2 Å². The monoisotopic (exact) mass is 316 g/mol. The minimum atomic E-state index is -3.14. The zero-order valence-corrected chi connectivity index (χ0v) is 12.8. The Kier molecular flexibility index (Phi) is 5.18. The van der Waals surface area contributed by atoms with Gasteiger partial charge in [-0.2, -0.15) is 0 Å². The summed E-state index contributed by atoms with van der Waals surface area (Å²) in [6.07, 6.45) is 2.53. The van der Waals surface area contributed by atoms with Crippen molar-refractivity contribution in [2.24, 2.45) is 5.84 Å². The Morgan fingerprint density at radius 3 is 2.81 bits per heavy atom. The summed E-state index contributed by atoms with van der Waals surface area (Å²) in [5, 5.41) is -0.513. The third-order valence-electron chi connectivity index (χ3n) is 3.96. The topological polar surface area (TPSA) is 81.4 Å². The van der Waals surface area contributed by atoms with Crippen molar-refractivity contribution in [2.45, 2.75) is 37.0 Å². The maximum atomic E-state index is 13.7. The molecule has 0 aromatic heterocycles. The fourth-order valence-corrected chi connectivity index (χ4v) is 4.93. The van der Waals surface area contributed by atoms with Crippen LogP contribution in [0.4, 0.5) is 4.39 Å². The Morgan fingerprint density at radius 2 is 2.24 bits per heavy atom. The zero-order valence-electron chi connectivity index (χ0n) is 12.0. The number of halogens is 1. The highest BCUT2D eigenvalue weighted by atomic mass is 32.2. The van der Waals surface area contributed by atoms with Gasteiger partial charge in [-0.3, -0.25) is 11.3 Å². The standard InChI is InChI=1S/C14H21FN2O3S/c1-20-13-6-5-10(8-11(13)15)9-12(17-16)14-4-2-3-7-21(14,18)19/h5-6,8,12,14,17H,2-4,7,9,16H2,1H3. The molecule has 0 spiro atoms. The molecule has 1 heterocycles. The van der Waals surface area contributed by atoms with Gasteiger partial charge in [0.05, 0.1) is 18.1 Å². The molecule has 1 aromatic rings. The molecule has 1 saturated heterocycles. The van der Waals surface area contributed by atoms with Crippen LogP contribution >= 0.6 is 0 Å². The quantitative estimate of drug-likeness (QED) is 0.630. The molecule has 5 nitrogen and oxygen atoms in total. The second-order valence-electron chi connectivity index (χ2n) is 5.35. The summed E-state index contributed by atoms with van der Waals surface area (Å²) in [6.45, 7) is 0. The van der Waals surface area contributed by atoms with Crippen molar-refractivity contribution >= 4 is 9.84 Å². The lowest BCUT2D eigenvalue weighted by molar-refractivity contribution is 0.385. The minimum Gasteiger partial charge on any atom is -0.494 e. The summed E-state index contributed by atoms with van der Waals surface area (Å²) in [5.41, 5.74) is 3.28. The van der Waals surface area contributed by atoms with Crippen molar-refractivity contribution < 1.29 is 17.5 Å². The molecule has 2 rings (SSSR count). The Labute approximate surface area is 124 Å². The molecular formula is C14H21FN2O3S. The number of hydrogen-bond donors (Lipinski definition) is 2. The molecule has 2 atom stereocenters. The van der Waals surface area contributed by atoms with Gasteiger partial charge in [-0.15, -0.1) is 0 Å². The van der Waals surface area contributed by atoms with E-state index in [4.69, 9.17) is 10.6 Å². The van der Waals surface area contributed by atoms with Crippen LogP contribution in [0.5, 0.6) is 5.75 Å². The highest BCUT2D eigenvalue weighted by Crippen LogP contribution is 2.25. The minimum absolute atomic E-state index is 0.168. The van der Waals surface area contributed by atoms with Crippen molar-refractivity contribution in [3.8, 4) is 5.75 Å². The number of hydrogen-bond acceptors (Lipinski definition) is 5. The summed E-state index contributed by atoms with van der Waals surface area (Å²) < 4.78 is 42.9. The average Bonchev–Trinajstić information content (AvgIpc) is 2.45. The Bertz CT molecular complexity index is 592. The number of hydrazine groups is 1. The van der Waals surface area contributed by atoms with Crippen LogP contribution in [0, 0.1) is 5.82 Å². The third kappa shape index (κ3) is 3.72. The number of rotatable bonds is 5. The van der Waals surface area contributed by atoms with Gasteiger partial charge in [0.2, 0.25) is 0 Å². The van der Waals surface area contributed by atoms with Crippen LogP contribution < -0.4 is 16.0 Å². The van der Waals surface area contributed by atoms with Crippen LogP contribution in [0.1, 0.15) is 24.8 Å². The largest absolute Gasteiger partial charge is 0.494 e. The Morgan fingerprint density at radius 1 is 1.48 bits per heavy atom. The fourth-order valence-electron chi connectivity index (χ4n) is 2.82. The lowest BCUT2D eigenvalue weighted by Gasteiger charge is -2.29. The van der Waals surface area contributed by atoms with Gasteiger partial charge < -0.3 is 4.74 Å². The molecule has 2 unspecified atom stereocenters. The van der Waals surface area contributed by atoms with Crippen molar-refractivity contribution in [2.75, 3.05) is 12.9 Å². The molecule has 1 aliphatic rings. The molecule has 0 radical (unpaired) electrons. The van der Waals surface area contributed by atoms with Gasteiger partial charge in [-0.1, -0.05) is 12.5 Å². The van der Waals surface area contributed by atoms with E-state index in [2.05, 4.69) is 5.43 Å². The van der Waals surface area contributed by atoms with Gasteiger partial charge in [-0.25, -0.2) is 12.8 Å². The van der Waals surface area contributed by atoms with Crippen LogP contribution in [0.25, 0.3) is 0 Å². The molecule has 1 aliphatic heterocycles. The smallest absolute Gasteiger partial charge is 0.165 e. The van der Waals surface area contributed by atoms with Crippen LogP contribution in [0.3, 0.4) is 0 Å². The molecule has 0 aliphatic carbocycles. The maximum absolute atomic E-state index is 13.7. The highest BCUT2D eigenvalue weighted by Gasteiger charge is 2.35. The van der Waals surface area contributed by atoms with E-state index in [9.17, 15) is 12.8 Å². The van der Waals surface area contributed by atoms with Gasteiger partial charge in [0.25, 0.3) is 0 Å². The first-order valence-electron chi connectivity index (χ1n) is 6.98. The third-order valence-corrected chi connectivity index (χ3v) is 6.31. The summed E-state index contributed by atoms with van der Waals surface area (Å²) >= 11 is 0. The molecule has 0 bridgehead atoms. The van der Waals surface area contributed by atoms with E-state index in [1.165, 1.54) is 19.2 Å². The summed E-state index contributed by atoms with van der Waals surface area (Å²) in [5.74, 6) is 5.44. The lowest BCUT2D eigenvalue weighted by Crippen LogP contribution is -2.50. The molecular weight excluding hydrogens is 295 g/mol. The van der Waals surface area contributed by atoms with E-state index in [0.717, 1.165) is 6.42 Å². The van der Waals surface area contributed by atoms with Crippen LogP contribution in [-0.2, 0) is 16.3 Å². The second kappa shape index (κ2) is 6.72. The molecule has 0 amide bonds. The number of methoxy groups -OCH3 is 1. The normalized spacial score (nSPS) is 22.7. The van der Waals surface area contributed by atoms with Crippen molar-refractivity contribution in [3.63, 3.8) is 0 Å². The Hall–Kier alpha value is -1.18. The van der Waals surface area contributed by atoms with E-state index >= 15 is 0 Å². The highest BCUT2D eigenvalue weighted by molar-refractivity contribution is 7.92. The van der Waals surface area contributed by atoms with Crippen molar-refractivity contribution in [1.82, 2.24) is 5.43 Å². The number of nitrogens with two attached hydrogens (primary N) is 1. The summed E-state index contributed by atoms with van der Waals surface area (Å²) in [6, 6.07) is 4.21. The number of ether oxygens (including phenoxy) is 1. The zero-order chi connectivity index (χ0) is 15.5. The van der Waals surface area contributed by atoms with E-state index in [1.54, 1.807) is 6.07 Å². The first-order valence-corrected chi connectivity index (χ1v) is 8.69.